The number of nitrogens with zero attached hydrogens (tertiary/aromatic N) is 1. The standard InChI is InChI=1S/C20H17F2N3O/c1-13-3-2-4-14(9-13)11-23-19-8-5-15(12-24-19)20(26)25-18-7-6-16(21)10-17(18)22/h2-10,12H,11H2,1H3,(H,23,24)(H,25,26). The van der Waals surface area contributed by atoms with Crippen molar-refractivity contribution in [2.24, 2.45) is 0 Å². The van der Waals surface area contributed by atoms with Crippen LogP contribution in [0.1, 0.15) is 21.5 Å². The summed E-state index contributed by atoms with van der Waals surface area (Å²) in [5, 5.41) is 5.57. The number of amides is 1. The van der Waals surface area contributed by atoms with Gasteiger partial charge in [0.15, 0.2) is 0 Å². The van der Waals surface area contributed by atoms with E-state index in [1.54, 1.807) is 12.1 Å². The molecule has 4 nitrogen and oxygen atoms in total. The highest BCUT2D eigenvalue weighted by molar-refractivity contribution is 6.04. The lowest BCUT2D eigenvalue weighted by Crippen LogP contribution is -2.13. The van der Waals surface area contributed by atoms with Crippen LogP contribution in [-0.2, 0) is 6.54 Å². The number of hydrogen-bond donors (Lipinski definition) is 2. The molecule has 1 heterocycles. The lowest BCUT2D eigenvalue weighted by Gasteiger charge is -2.08. The second-order valence-electron chi connectivity index (χ2n) is 5.85. The predicted molar refractivity (Wildman–Crippen MR) is 97.1 cm³/mol. The number of rotatable bonds is 5. The minimum absolute atomic E-state index is 0.0851. The van der Waals surface area contributed by atoms with Gasteiger partial charge in [-0.1, -0.05) is 29.8 Å². The molecule has 6 heteroatoms. The lowest BCUT2D eigenvalue weighted by atomic mass is 10.1. The molecule has 0 bridgehead atoms. The van der Waals surface area contributed by atoms with Crippen molar-refractivity contribution in [1.29, 1.82) is 0 Å². The molecule has 0 aliphatic carbocycles. The van der Waals surface area contributed by atoms with Crippen LogP contribution in [0.25, 0.3) is 0 Å². The van der Waals surface area contributed by atoms with Crippen molar-refractivity contribution in [2.75, 3.05) is 10.6 Å². The van der Waals surface area contributed by atoms with Gasteiger partial charge in [-0.15, -0.1) is 0 Å². The maximum atomic E-state index is 13.6. The molecule has 2 N–H and O–H groups in total. The van der Waals surface area contributed by atoms with E-state index < -0.39 is 17.5 Å². The van der Waals surface area contributed by atoms with Gasteiger partial charge in [-0.05, 0) is 36.8 Å². The maximum Gasteiger partial charge on any atom is 0.257 e. The number of nitrogens with one attached hydrogen (secondary N) is 2. The molecule has 0 unspecified atom stereocenters. The van der Waals surface area contributed by atoms with E-state index in [4.69, 9.17) is 0 Å². The molecule has 132 valence electrons. The fourth-order valence-electron chi connectivity index (χ4n) is 2.43. The normalized spacial score (nSPS) is 10.4. The van der Waals surface area contributed by atoms with E-state index in [9.17, 15) is 13.6 Å². The van der Waals surface area contributed by atoms with Gasteiger partial charge >= 0.3 is 0 Å². The summed E-state index contributed by atoms with van der Waals surface area (Å²) in [5.41, 5.74) is 2.49. The molecule has 1 amide bonds. The highest BCUT2D eigenvalue weighted by atomic mass is 19.1. The zero-order valence-corrected chi connectivity index (χ0v) is 14.1. The number of pyridine rings is 1. The van der Waals surface area contributed by atoms with E-state index in [2.05, 4.69) is 21.7 Å². The monoisotopic (exact) mass is 353 g/mol. The summed E-state index contributed by atoms with van der Waals surface area (Å²) in [4.78, 5) is 16.3. The fraction of sp³-hybridized carbons (Fsp3) is 0.100. The van der Waals surface area contributed by atoms with E-state index in [-0.39, 0.29) is 11.3 Å². The van der Waals surface area contributed by atoms with Gasteiger partial charge in [0, 0.05) is 18.8 Å². The van der Waals surface area contributed by atoms with Crippen molar-refractivity contribution in [3.63, 3.8) is 0 Å². The first kappa shape index (κ1) is 17.5. The SMILES string of the molecule is Cc1cccc(CNc2ccc(C(=O)Nc3ccc(F)cc3F)cn2)c1. The average Bonchev–Trinajstić information content (AvgIpc) is 2.63. The van der Waals surface area contributed by atoms with Gasteiger partial charge in [0.25, 0.3) is 5.91 Å². The third-order valence-electron chi connectivity index (χ3n) is 3.76. The molecule has 26 heavy (non-hydrogen) atoms. The number of benzene rings is 2. The number of halogens is 2. The molecule has 0 radical (unpaired) electrons. The first-order valence-electron chi connectivity index (χ1n) is 8.03. The summed E-state index contributed by atoms with van der Waals surface area (Å²) in [6.07, 6.45) is 1.40. The number of aromatic nitrogens is 1. The van der Waals surface area contributed by atoms with Crippen molar-refractivity contribution in [3.05, 3.63) is 89.1 Å². The molecule has 0 saturated heterocycles. The van der Waals surface area contributed by atoms with Crippen molar-refractivity contribution >= 4 is 17.4 Å². The van der Waals surface area contributed by atoms with E-state index in [1.165, 1.54) is 17.8 Å². The van der Waals surface area contributed by atoms with Crippen molar-refractivity contribution in [2.45, 2.75) is 13.5 Å². The Morgan fingerprint density at radius 2 is 1.92 bits per heavy atom. The lowest BCUT2D eigenvalue weighted by molar-refractivity contribution is 0.102. The zero-order chi connectivity index (χ0) is 18.5. The molecule has 2 aromatic carbocycles. The minimum atomic E-state index is -0.831. The first-order chi connectivity index (χ1) is 12.5. The summed E-state index contributed by atoms with van der Waals surface area (Å²) < 4.78 is 26.5. The zero-order valence-electron chi connectivity index (χ0n) is 14.1. The molecule has 0 saturated carbocycles. The number of carbonyl (C=O) groups excluding carboxylic acids is 1. The van der Waals surface area contributed by atoms with Gasteiger partial charge in [-0.2, -0.15) is 0 Å². The van der Waals surface area contributed by atoms with Gasteiger partial charge in [0.1, 0.15) is 17.5 Å². The second-order valence-corrected chi connectivity index (χ2v) is 5.85. The van der Waals surface area contributed by atoms with E-state index >= 15 is 0 Å². The van der Waals surface area contributed by atoms with E-state index in [0.717, 1.165) is 11.6 Å². The molecule has 0 fully saturated rings. The Bertz CT molecular complexity index is 927. The van der Waals surface area contributed by atoms with Crippen molar-refractivity contribution in [1.82, 2.24) is 4.98 Å². The number of carbonyl (C=O) groups is 1. The number of anilines is 2. The van der Waals surface area contributed by atoms with Crippen molar-refractivity contribution < 1.29 is 13.6 Å². The van der Waals surface area contributed by atoms with Gasteiger partial charge in [0.05, 0.1) is 11.3 Å². The minimum Gasteiger partial charge on any atom is -0.366 e. The Labute approximate surface area is 149 Å². The molecule has 3 aromatic rings. The molecule has 0 atom stereocenters. The van der Waals surface area contributed by atoms with Gasteiger partial charge in [-0.25, -0.2) is 13.8 Å². The van der Waals surface area contributed by atoms with Crippen LogP contribution < -0.4 is 10.6 Å². The van der Waals surface area contributed by atoms with Gasteiger partial charge < -0.3 is 10.6 Å². The molecular weight excluding hydrogens is 336 g/mol. The summed E-state index contributed by atoms with van der Waals surface area (Å²) in [6, 6.07) is 14.3. The fourth-order valence-corrected chi connectivity index (χ4v) is 2.43. The Morgan fingerprint density at radius 3 is 2.62 bits per heavy atom. The molecule has 1 aromatic heterocycles. The summed E-state index contributed by atoms with van der Waals surface area (Å²) in [5.74, 6) is -1.43. The highest BCUT2D eigenvalue weighted by Gasteiger charge is 2.10. The summed E-state index contributed by atoms with van der Waals surface area (Å²) in [6.45, 7) is 2.64. The van der Waals surface area contributed by atoms with Crippen LogP contribution in [0.15, 0.2) is 60.8 Å². The van der Waals surface area contributed by atoms with Crippen LogP contribution in [-0.4, -0.2) is 10.9 Å². The molecule has 0 aliphatic heterocycles. The molecule has 0 aliphatic rings. The van der Waals surface area contributed by atoms with Gasteiger partial charge in [0.2, 0.25) is 0 Å². The second kappa shape index (κ2) is 7.74. The first-order valence-corrected chi connectivity index (χ1v) is 8.03. The maximum absolute atomic E-state index is 13.6. The third-order valence-corrected chi connectivity index (χ3v) is 3.76. The Balaban J connectivity index is 1.62. The van der Waals surface area contributed by atoms with Crippen molar-refractivity contribution in [3.8, 4) is 0 Å². The van der Waals surface area contributed by atoms with Crippen LogP contribution in [0.2, 0.25) is 0 Å². The quantitative estimate of drug-likeness (QED) is 0.708. The summed E-state index contributed by atoms with van der Waals surface area (Å²) >= 11 is 0. The van der Waals surface area contributed by atoms with Crippen LogP contribution in [0, 0.1) is 18.6 Å². The molecular formula is C20H17F2N3O. The Kier molecular flexibility index (Phi) is 5.22. The van der Waals surface area contributed by atoms with Crippen LogP contribution in [0.5, 0.6) is 0 Å². The number of aryl methyl sites for hydroxylation is 1. The largest absolute Gasteiger partial charge is 0.366 e. The molecule has 3 rings (SSSR count). The smallest absolute Gasteiger partial charge is 0.257 e. The third kappa shape index (κ3) is 4.42. The van der Waals surface area contributed by atoms with Crippen LogP contribution in [0.4, 0.5) is 20.3 Å². The van der Waals surface area contributed by atoms with E-state index in [0.29, 0.717) is 18.4 Å². The molecule has 0 spiro atoms. The topological polar surface area (TPSA) is 54.0 Å². The predicted octanol–water partition coefficient (Wildman–Crippen LogP) is 4.53. The Hall–Kier alpha value is -3.28. The van der Waals surface area contributed by atoms with E-state index in [1.807, 2.05) is 25.1 Å². The number of hydrogen-bond acceptors (Lipinski definition) is 3. The van der Waals surface area contributed by atoms with Crippen LogP contribution >= 0.6 is 0 Å². The highest BCUT2D eigenvalue weighted by Crippen LogP contribution is 2.16. The summed E-state index contributed by atoms with van der Waals surface area (Å²) in [7, 11) is 0. The van der Waals surface area contributed by atoms with Crippen LogP contribution in [0.3, 0.4) is 0 Å². The van der Waals surface area contributed by atoms with Gasteiger partial charge in [-0.3, -0.25) is 4.79 Å². The Morgan fingerprint density at radius 1 is 1.08 bits per heavy atom. The average molecular weight is 353 g/mol.